The normalized spacial score (nSPS) is 15.5. The minimum absolute atomic E-state index is 0.121. The molecule has 4 aromatic rings. The molecule has 5 rings (SSSR count). The lowest BCUT2D eigenvalue weighted by atomic mass is 9.98. The third kappa shape index (κ3) is 4.61. The molecule has 0 unspecified atom stereocenters. The van der Waals surface area contributed by atoms with E-state index in [0.29, 0.717) is 11.5 Å². The molecule has 1 aromatic heterocycles. The fourth-order valence-corrected chi connectivity index (χ4v) is 3.87. The highest BCUT2D eigenvalue weighted by atomic mass is 16.1. The van der Waals surface area contributed by atoms with Crippen molar-refractivity contribution in [2.75, 3.05) is 10.4 Å². The molecule has 0 spiro atoms. The summed E-state index contributed by atoms with van der Waals surface area (Å²) >= 11 is 0. The van der Waals surface area contributed by atoms with Crippen LogP contribution in [0.2, 0.25) is 0 Å². The molecule has 168 valence electrons. The van der Waals surface area contributed by atoms with Crippen LogP contribution >= 0.6 is 0 Å². The number of aromatic amines is 1. The van der Waals surface area contributed by atoms with Crippen LogP contribution in [0.5, 0.6) is 0 Å². The number of benzene rings is 3. The van der Waals surface area contributed by atoms with Crippen LogP contribution in [0.4, 0.5) is 11.5 Å². The van der Waals surface area contributed by atoms with E-state index in [2.05, 4.69) is 67.1 Å². The number of H-pyrrole nitrogens is 1. The van der Waals surface area contributed by atoms with Gasteiger partial charge in [0.05, 0.1) is 23.7 Å². The second-order valence-corrected chi connectivity index (χ2v) is 7.92. The Labute approximate surface area is 196 Å². The minimum Gasteiger partial charge on any atom is -0.260 e. The van der Waals surface area contributed by atoms with Gasteiger partial charge in [0, 0.05) is 6.42 Å². The third-order valence-corrected chi connectivity index (χ3v) is 5.62. The molecule has 8 nitrogen and oxygen atoms in total. The first-order chi connectivity index (χ1) is 16.7. The highest BCUT2D eigenvalue weighted by molar-refractivity contribution is 6.03. The average molecular weight is 450 g/mol. The van der Waals surface area contributed by atoms with E-state index >= 15 is 0 Å². The van der Waals surface area contributed by atoms with Gasteiger partial charge < -0.3 is 0 Å². The number of nitrogens with one attached hydrogen (secondary N) is 2. The zero-order valence-corrected chi connectivity index (χ0v) is 18.6. The Morgan fingerprint density at radius 2 is 1.71 bits per heavy atom. The van der Waals surface area contributed by atoms with Crippen LogP contribution < -0.4 is 16.1 Å². The van der Waals surface area contributed by atoms with Gasteiger partial charge >= 0.3 is 5.69 Å². The molecule has 0 aliphatic carbocycles. The van der Waals surface area contributed by atoms with Crippen molar-refractivity contribution >= 4 is 23.4 Å². The van der Waals surface area contributed by atoms with Gasteiger partial charge in [0.25, 0.3) is 0 Å². The standard InChI is InChI=1S/C26H23N7O/c1-18-25(28-26(34)31-29-18)30-27-17-19-12-14-22(15-13-19)33-24(21-10-6-3-7-11-21)16-23(32-33)20-8-4-2-5-9-20/h2-15,17,24H,16H2,1H3,(H2,28,30,31,34)/b27-17-/t24-/m0/s1. The van der Waals surface area contributed by atoms with Crippen LogP contribution in [-0.2, 0) is 0 Å². The molecule has 1 atom stereocenters. The van der Waals surface area contributed by atoms with Gasteiger partial charge in [-0.25, -0.2) is 9.89 Å². The molecule has 0 bridgehead atoms. The fourth-order valence-electron chi connectivity index (χ4n) is 3.87. The summed E-state index contributed by atoms with van der Waals surface area (Å²) < 4.78 is 0. The van der Waals surface area contributed by atoms with Gasteiger partial charge in [-0.2, -0.15) is 20.3 Å². The average Bonchev–Trinajstić information content (AvgIpc) is 3.33. The maximum atomic E-state index is 11.3. The zero-order chi connectivity index (χ0) is 23.3. The van der Waals surface area contributed by atoms with Crippen molar-refractivity contribution in [2.45, 2.75) is 19.4 Å². The van der Waals surface area contributed by atoms with Gasteiger partial charge in [-0.05, 0) is 35.7 Å². The lowest BCUT2D eigenvalue weighted by Crippen LogP contribution is -2.18. The first-order valence-electron chi connectivity index (χ1n) is 11.0. The Morgan fingerprint density at radius 3 is 2.44 bits per heavy atom. The summed E-state index contributed by atoms with van der Waals surface area (Å²) in [5.74, 6) is 0.321. The number of nitrogens with zero attached hydrogens (tertiary/aromatic N) is 5. The molecule has 8 heteroatoms. The molecule has 2 heterocycles. The van der Waals surface area contributed by atoms with Crippen LogP contribution in [0.25, 0.3) is 0 Å². The van der Waals surface area contributed by atoms with E-state index in [0.717, 1.165) is 28.9 Å². The molecule has 1 aliphatic rings. The summed E-state index contributed by atoms with van der Waals surface area (Å²) in [6.45, 7) is 1.74. The summed E-state index contributed by atoms with van der Waals surface area (Å²) in [5, 5.41) is 17.4. The molecule has 3 aromatic carbocycles. The Morgan fingerprint density at radius 1 is 1.00 bits per heavy atom. The van der Waals surface area contributed by atoms with Crippen LogP contribution in [0.3, 0.4) is 0 Å². The highest BCUT2D eigenvalue weighted by Gasteiger charge is 2.29. The van der Waals surface area contributed by atoms with Gasteiger partial charge in [0.15, 0.2) is 5.82 Å². The van der Waals surface area contributed by atoms with Crippen LogP contribution in [0.1, 0.15) is 34.8 Å². The first-order valence-corrected chi connectivity index (χ1v) is 11.0. The summed E-state index contributed by atoms with van der Waals surface area (Å²) in [6.07, 6.45) is 2.50. The molecule has 0 fully saturated rings. The lowest BCUT2D eigenvalue weighted by Gasteiger charge is -2.24. The van der Waals surface area contributed by atoms with Crippen molar-refractivity contribution < 1.29 is 0 Å². The molecule has 1 aliphatic heterocycles. The van der Waals surface area contributed by atoms with Gasteiger partial charge in [0.2, 0.25) is 0 Å². The number of hydrogen-bond acceptors (Lipinski definition) is 7. The second kappa shape index (κ2) is 9.50. The SMILES string of the molecule is Cc1n[nH]c(=O)nc1N/N=C\c1ccc(N2N=C(c3ccccc3)C[C@H]2c2ccccc2)cc1. The van der Waals surface area contributed by atoms with Crippen molar-refractivity contribution in [1.82, 2.24) is 15.2 Å². The number of anilines is 2. The van der Waals surface area contributed by atoms with Crippen LogP contribution in [-0.4, -0.2) is 27.1 Å². The maximum Gasteiger partial charge on any atom is 0.363 e. The van der Waals surface area contributed by atoms with Crippen LogP contribution in [0.15, 0.2) is 99.9 Å². The number of aromatic nitrogens is 3. The zero-order valence-electron chi connectivity index (χ0n) is 18.6. The highest BCUT2D eigenvalue weighted by Crippen LogP contribution is 2.36. The minimum atomic E-state index is -0.526. The van der Waals surface area contributed by atoms with E-state index in [-0.39, 0.29) is 6.04 Å². The van der Waals surface area contributed by atoms with E-state index in [9.17, 15) is 4.79 Å². The Bertz CT molecular complexity index is 1380. The fraction of sp³-hybridized carbons (Fsp3) is 0.115. The summed E-state index contributed by atoms with van der Waals surface area (Å²) in [5.41, 5.74) is 8.13. The molecule has 0 saturated heterocycles. The Kier molecular flexibility index (Phi) is 5.94. The van der Waals surface area contributed by atoms with Crippen molar-refractivity contribution in [3.8, 4) is 0 Å². The molecule has 2 N–H and O–H groups in total. The van der Waals surface area contributed by atoms with E-state index < -0.39 is 5.69 Å². The van der Waals surface area contributed by atoms with Crippen molar-refractivity contribution in [3.63, 3.8) is 0 Å². The van der Waals surface area contributed by atoms with E-state index in [1.54, 1.807) is 13.1 Å². The van der Waals surface area contributed by atoms with Crippen molar-refractivity contribution in [1.29, 1.82) is 0 Å². The summed E-state index contributed by atoms with van der Waals surface area (Å²) in [7, 11) is 0. The number of aryl methyl sites for hydroxylation is 1. The van der Waals surface area contributed by atoms with Crippen molar-refractivity contribution in [3.05, 3.63) is 118 Å². The van der Waals surface area contributed by atoms with Gasteiger partial charge in [0.1, 0.15) is 5.69 Å². The smallest absolute Gasteiger partial charge is 0.260 e. The number of hydrazone groups is 2. The van der Waals surface area contributed by atoms with Crippen molar-refractivity contribution in [2.24, 2.45) is 10.2 Å². The quantitative estimate of drug-likeness (QED) is 0.338. The first kappa shape index (κ1) is 21.3. The predicted molar refractivity (Wildman–Crippen MR) is 134 cm³/mol. The Hall–Kier alpha value is -4.59. The largest absolute Gasteiger partial charge is 0.363 e. The van der Waals surface area contributed by atoms with E-state index in [1.165, 1.54) is 5.56 Å². The predicted octanol–water partition coefficient (Wildman–Crippen LogP) is 4.28. The topological polar surface area (TPSA) is 98.6 Å². The van der Waals surface area contributed by atoms with Gasteiger partial charge in [-0.15, -0.1) is 0 Å². The Balaban J connectivity index is 1.38. The summed E-state index contributed by atoms with van der Waals surface area (Å²) in [4.78, 5) is 15.2. The molecular formula is C26H23N7O. The lowest BCUT2D eigenvalue weighted by molar-refractivity contribution is 0.709. The molecule has 34 heavy (non-hydrogen) atoms. The molecular weight excluding hydrogens is 426 g/mol. The monoisotopic (exact) mass is 449 g/mol. The number of rotatable bonds is 6. The molecule has 0 saturated carbocycles. The van der Waals surface area contributed by atoms with Gasteiger partial charge in [-0.3, -0.25) is 10.4 Å². The molecule has 0 amide bonds. The van der Waals surface area contributed by atoms with Crippen LogP contribution in [0, 0.1) is 6.92 Å². The maximum absolute atomic E-state index is 11.3. The number of hydrogen-bond donors (Lipinski definition) is 2. The van der Waals surface area contributed by atoms with E-state index in [1.807, 2.05) is 48.5 Å². The summed E-state index contributed by atoms with van der Waals surface area (Å²) in [6, 6.07) is 28.9. The molecule has 0 radical (unpaired) electrons. The third-order valence-electron chi connectivity index (χ3n) is 5.62. The van der Waals surface area contributed by atoms with E-state index in [4.69, 9.17) is 5.10 Å². The van der Waals surface area contributed by atoms with Gasteiger partial charge in [-0.1, -0.05) is 72.8 Å². The second-order valence-electron chi connectivity index (χ2n) is 7.92.